The summed E-state index contributed by atoms with van der Waals surface area (Å²) in [5, 5.41) is 13.6. The Morgan fingerprint density at radius 1 is 1.26 bits per heavy atom. The number of nitro benzene ring substituents is 1. The van der Waals surface area contributed by atoms with Gasteiger partial charge in [0, 0.05) is 6.07 Å². The Morgan fingerprint density at radius 3 is 2.70 bits per heavy atom. The molecule has 1 heterocycles. The van der Waals surface area contributed by atoms with E-state index in [1.165, 1.54) is 24.9 Å². The largest absolute Gasteiger partial charge is 0.493 e. The molecule has 1 N–H and O–H groups in total. The van der Waals surface area contributed by atoms with E-state index in [-0.39, 0.29) is 18.2 Å². The van der Waals surface area contributed by atoms with E-state index in [1.54, 1.807) is 42.5 Å². The molecular weight excluding hydrogens is 388 g/mol. The van der Waals surface area contributed by atoms with E-state index in [9.17, 15) is 14.9 Å². The molecule has 0 aromatic heterocycles. The van der Waals surface area contributed by atoms with Crippen LogP contribution in [0.15, 0.2) is 47.4 Å². The van der Waals surface area contributed by atoms with E-state index in [2.05, 4.69) is 5.32 Å². The van der Waals surface area contributed by atoms with Crippen LogP contribution in [0.5, 0.6) is 11.5 Å². The van der Waals surface area contributed by atoms with Crippen molar-refractivity contribution >= 4 is 46.0 Å². The second-order valence-corrected chi connectivity index (χ2v) is 7.16. The minimum atomic E-state index is -0.444. The van der Waals surface area contributed by atoms with Gasteiger partial charge in [-0.05, 0) is 29.8 Å². The van der Waals surface area contributed by atoms with Crippen molar-refractivity contribution in [1.82, 2.24) is 5.32 Å². The Bertz CT molecular complexity index is 959. The molecular formula is C18H14N2O5S2. The van der Waals surface area contributed by atoms with Gasteiger partial charge in [-0.15, -0.1) is 0 Å². The van der Waals surface area contributed by atoms with Gasteiger partial charge < -0.3 is 14.8 Å². The van der Waals surface area contributed by atoms with Crippen LogP contribution in [0, 0.1) is 10.1 Å². The topological polar surface area (TPSA) is 90.7 Å². The maximum absolute atomic E-state index is 11.8. The van der Waals surface area contributed by atoms with Crippen LogP contribution in [0.3, 0.4) is 0 Å². The molecule has 27 heavy (non-hydrogen) atoms. The number of methoxy groups -OCH3 is 1. The van der Waals surface area contributed by atoms with Crippen LogP contribution in [-0.2, 0) is 11.4 Å². The van der Waals surface area contributed by atoms with Crippen molar-refractivity contribution in [1.29, 1.82) is 0 Å². The fourth-order valence-corrected chi connectivity index (χ4v) is 3.48. The maximum atomic E-state index is 11.8. The van der Waals surface area contributed by atoms with Crippen LogP contribution in [0.4, 0.5) is 5.69 Å². The van der Waals surface area contributed by atoms with Gasteiger partial charge in [0.05, 0.1) is 22.5 Å². The molecule has 3 rings (SSSR count). The second-order valence-electron chi connectivity index (χ2n) is 5.44. The third-order valence-electron chi connectivity index (χ3n) is 3.70. The average molecular weight is 402 g/mol. The molecule has 0 atom stereocenters. The third kappa shape index (κ3) is 4.44. The summed E-state index contributed by atoms with van der Waals surface area (Å²) >= 11 is 6.16. The Labute approximate surface area is 164 Å². The van der Waals surface area contributed by atoms with Gasteiger partial charge in [0.2, 0.25) is 0 Å². The highest BCUT2D eigenvalue weighted by Crippen LogP contribution is 2.32. The lowest BCUT2D eigenvalue weighted by molar-refractivity contribution is -0.385. The second kappa shape index (κ2) is 8.19. The number of nitro groups is 1. The minimum Gasteiger partial charge on any atom is -0.493 e. The number of nitrogens with zero attached hydrogens (tertiary/aromatic N) is 1. The van der Waals surface area contributed by atoms with Crippen LogP contribution in [0.1, 0.15) is 11.1 Å². The first-order chi connectivity index (χ1) is 13.0. The summed E-state index contributed by atoms with van der Waals surface area (Å²) in [5.74, 6) is 0.659. The molecule has 1 amide bonds. The third-order valence-corrected chi connectivity index (χ3v) is 4.86. The monoisotopic (exact) mass is 402 g/mol. The van der Waals surface area contributed by atoms with Crippen LogP contribution >= 0.6 is 24.0 Å². The number of benzene rings is 2. The molecule has 7 nitrogen and oxygen atoms in total. The van der Waals surface area contributed by atoms with Crippen molar-refractivity contribution in [2.75, 3.05) is 7.11 Å². The quantitative estimate of drug-likeness (QED) is 0.341. The van der Waals surface area contributed by atoms with Crippen LogP contribution in [0.25, 0.3) is 6.08 Å². The zero-order chi connectivity index (χ0) is 19.4. The lowest BCUT2D eigenvalue weighted by Gasteiger charge is -2.11. The maximum Gasteiger partial charge on any atom is 0.276 e. The molecule has 9 heteroatoms. The van der Waals surface area contributed by atoms with Crippen LogP contribution in [-0.4, -0.2) is 22.3 Å². The molecule has 0 saturated carbocycles. The van der Waals surface area contributed by atoms with E-state index in [1.807, 2.05) is 0 Å². The molecule has 0 radical (unpaired) electrons. The average Bonchev–Trinajstić information content (AvgIpc) is 2.97. The fourth-order valence-electron chi connectivity index (χ4n) is 2.43. The lowest BCUT2D eigenvalue weighted by atomic mass is 10.1. The van der Waals surface area contributed by atoms with E-state index < -0.39 is 4.92 Å². The van der Waals surface area contributed by atoms with Crippen molar-refractivity contribution in [3.8, 4) is 11.5 Å². The zero-order valence-electron chi connectivity index (χ0n) is 14.1. The number of para-hydroxylation sites is 1. The Hall–Kier alpha value is -2.91. The molecule has 2 aromatic carbocycles. The van der Waals surface area contributed by atoms with Crippen LogP contribution in [0.2, 0.25) is 0 Å². The first kappa shape index (κ1) is 18.9. The number of rotatable bonds is 6. The van der Waals surface area contributed by atoms with Gasteiger partial charge in [0.25, 0.3) is 11.6 Å². The summed E-state index contributed by atoms with van der Waals surface area (Å²) in [5.41, 5.74) is 1.20. The summed E-state index contributed by atoms with van der Waals surface area (Å²) in [6.45, 7) is 0.0283. The number of hydrogen-bond acceptors (Lipinski definition) is 7. The van der Waals surface area contributed by atoms with Gasteiger partial charge in [0.15, 0.2) is 11.5 Å². The number of carbonyl (C=O) groups is 1. The molecule has 138 valence electrons. The molecule has 0 bridgehead atoms. The normalized spacial score (nSPS) is 14.9. The van der Waals surface area contributed by atoms with Crippen molar-refractivity contribution in [3.63, 3.8) is 0 Å². The molecule has 0 unspecified atom stereocenters. The van der Waals surface area contributed by atoms with Gasteiger partial charge in [-0.1, -0.05) is 42.2 Å². The molecule has 1 aliphatic rings. The number of ether oxygens (including phenoxy) is 2. The highest BCUT2D eigenvalue weighted by molar-refractivity contribution is 8.26. The van der Waals surface area contributed by atoms with Gasteiger partial charge >= 0.3 is 0 Å². The van der Waals surface area contributed by atoms with E-state index in [4.69, 9.17) is 21.7 Å². The Kier molecular flexibility index (Phi) is 5.72. The lowest BCUT2D eigenvalue weighted by Crippen LogP contribution is -2.17. The Balaban J connectivity index is 1.79. The summed E-state index contributed by atoms with van der Waals surface area (Å²) in [6.07, 6.45) is 1.70. The highest BCUT2D eigenvalue weighted by Gasteiger charge is 2.22. The molecule has 1 aliphatic heterocycles. The smallest absolute Gasteiger partial charge is 0.276 e. The molecule has 1 fully saturated rings. The molecule has 0 spiro atoms. The van der Waals surface area contributed by atoms with Crippen LogP contribution < -0.4 is 14.8 Å². The number of hydrogen-bond donors (Lipinski definition) is 1. The van der Waals surface area contributed by atoms with Crippen molar-refractivity contribution in [2.45, 2.75) is 6.61 Å². The van der Waals surface area contributed by atoms with Gasteiger partial charge in [-0.2, -0.15) is 0 Å². The van der Waals surface area contributed by atoms with E-state index in [0.717, 1.165) is 5.56 Å². The van der Waals surface area contributed by atoms with Gasteiger partial charge in [-0.25, -0.2) is 0 Å². The van der Waals surface area contributed by atoms with E-state index in [0.29, 0.717) is 26.3 Å². The number of amides is 1. The summed E-state index contributed by atoms with van der Waals surface area (Å²) in [7, 11) is 1.50. The first-order valence-electron chi connectivity index (χ1n) is 7.76. The summed E-state index contributed by atoms with van der Waals surface area (Å²) in [4.78, 5) is 22.9. The SMILES string of the molecule is COc1cc(/C=C2/SC(=S)NC2=O)ccc1OCc1ccccc1[N+](=O)[O-]. The van der Waals surface area contributed by atoms with Crippen molar-refractivity contribution in [2.24, 2.45) is 0 Å². The molecule has 1 saturated heterocycles. The number of thiocarbonyl (C=S) groups is 1. The number of thioether (sulfide) groups is 1. The van der Waals surface area contributed by atoms with Gasteiger partial charge in [-0.3, -0.25) is 14.9 Å². The fraction of sp³-hybridized carbons (Fsp3) is 0.111. The highest BCUT2D eigenvalue weighted by atomic mass is 32.2. The first-order valence-corrected chi connectivity index (χ1v) is 8.98. The number of carbonyl (C=O) groups excluding carboxylic acids is 1. The predicted molar refractivity (Wildman–Crippen MR) is 107 cm³/mol. The Morgan fingerprint density at radius 2 is 2.04 bits per heavy atom. The summed E-state index contributed by atoms with van der Waals surface area (Å²) in [6, 6.07) is 11.6. The van der Waals surface area contributed by atoms with Crippen molar-refractivity contribution in [3.05, 3.63) is 68.6 Å². The minimum absolute atomic E-state index is 0.00180. The number of nitrogens with one attached hydrogen (secondary N) is 1. The predicted octanol–water partition coefficient (Wildman–Crippen LogP) is 3.67. The van der Waals surface area contributed by atoms with Crippen molar-refractivity contribution < 1.29 is 19.2 Å². The molecule has 2 aromatic rings. The van der Waals surface area contributed by atoms with Gasteiger partial charge in [0.1, 0.15) is 10.9 Å². The molecule has 0 aliphatic carbocycles. The zero-order valence-corrected chi connectivity index (χ0v) is 15.8. The summed E-state index contributed by atoms with van der Waals surface area (Å²) < 4.78 is 11.5. The van der Waals surface area contributed by atoms with E-state index >= 15 is 0 Å². The standard InChI is InChI=1S/C18H14N2O5S2/c1-24-15-8-11(9-16-17(21)19-18(26)27-16)6-7-14(15)25-10-12-4-2-3-5-13(12)20(22)23/h2-9H,10H2,1H3,(H,19,21,26)/b16-9+.